The first-order valence-corrected chi connectivity index (χ1v) is 7.39. The van der Waals surface area contributed by atoms with Gasteiger partial charge in [-0.3, -0.25) is 20.2 Å². The average molecular weight is 320 g/mol. The lowest BCUT2D eigenvalue weighted by Crippen LogP contribution is -2.04. The van der Waals surface area contributed by atoms with E-state index in [1.807, 2.05) is 0 Å². The van der Waals surface area contributed by atoms with Gasteiger partial charge in [-0.25, -0.2) is 4.21 Å². The van der Waals surface area contributed by atoms with Gasteiger partial charge < -0.3 is 0 Å². The van der Waals surface area contributed by atoms with Crippen LogP contribution in [0.3, 0.4) is 0 Å². The van der Waals surface area contributed by atoms with Gasteiger partial charge in [0.05, 0.1) is 20.6 Å². The molecule has 0 radical (unpaired) electrons. The van der Waals surface area contributed by atoms with E-state index in [1.165, 1.54) is 50.2 Å². The van der Waals surface area contributed by atoms with Crippen molar-refractivity contribution in [2.24, 2.45) is 0 Å². The van der Waals surface area contributed by atoms with Gasteiger partial charge in [-0.05, 0) is 26.0 Å². The van der Waals surface area contributed by atoms with Crippen molar-refractivity contribution in [3.8, 4) is 0 Å². The van der Waals surface area contributed by atoms with Gasteiger partial charge in [-0.1, -0.05) is 24.3 Å². The number of nitro groups is 2. The van der Waals surface area contributed by atoms with E-state index in [0.29, 0.717) is 11.1 Å². The summed E-state index contributed by atoms with van der Waals surface area (Å²) < 4.78 is 12.7. The maximum Gasteiger partial charge on any atom is 0.288 e. The Hall–Kier alpha value is -2.61. The third-order valence-corrected chi connectivity index (χ3v) is 4.62. The number of hydrogen-bond donors (Lipinski definition) is 0. The molecule has 0 bridgehead atoms. The Balaban J connectivity index is 2.70. The SMILES string of the molecule is Cc1cccc(S(=O)c2cccc(C)c2[N+](=O)[O-])c1[N+](=O)[O-]. The molecule has 0 saturated heterocycles. The smallest absolute Gasteiger partial charge is 0.258 e. The average Bonchev–Trinajstić information content (AvgIpc) is 2.45. The van der Waals surface area contributed by atoms with Crippen molar-refractivity contribution in [3.05, 3.63) is 67.8 Å². The second kappa shape index (κ2) is 6.02. The van der Waals surface area contributed by atoms with Crippen molar-refractivity contribution in [3.63, 3.8) is 0 Å². The van der Waals surface area contributed by atoms with Crippen LogP contribution in [0.4, 0.5) is 11.4 Å². The van der Waals surface area contributed by atoms with Gasteiger partial charge in [0.25, 0.3) is 11.4 Å². The molecule has 0 heterocycles. The Kier molecular flexibility index (Phi) is 4.32. The predicted molar refractivity (Wildman–Crippen MR) is 80.3 cm³/mol. The first kappa shape index (κ1) is 15.8. The monoisotopic (exact) mass is 320 g/mol. The molecular weight excluding hydrogens is 308 g/mol. The number of nitro benzene ring substituents is 2. The fraction of sp³-hybridized carbons (Fsp3) is 0.143. The molecule has 2 aromatic carbocycles. The molecule has 8 heteroatoms. The Morgan fingerprint density at radius 1 is 0.818 bits per heavy atom. The summed E-state index contributed by atoms with van der Waals surface area (Å²) in [5.74, 6) is 0. The summed E-state index contributed by atoms with van der Waals surface area (Å²) in [6, 6.07) is 8.85. The van der Waals surface area contributed by atoms with Gasteiger partial charge in [-0.2, -0.15) is 0 Å². The lowest BCUT2D eigenvalue weighted by molar-refractivity contribution is -0.388. The molecular formula is C14H12N2O5S. The summed E-state index contributed by atoms with van der Waals surface area (Å²) in [5, 5.41) is 22.4. The highest BCUT2D eigenvalue weighted by atomic mass is 32.2. The summed E-state index contributed by atoms with van der Waals surface area (Å²) in [6.45, 7) is 3.06. The lowest BCUT2D eigenvalue weighted by Gasteiger charge is -2.07. The summed E-state index contributed by atoms with van der Waals surface area (Å²) in [7, 11) is -2.01. The van der Waals surface area contributed by atoms with Crippen LogP contribution in [0.2, 0.25) is 0 Å². The van der Waals surface area contributed by atoms with Crippen molar-refractivity contribution < 1.29 is 14.1 Å². The predicted octanol–water partition coefficient (Wildman–Crippen LogP) is 3.29. The molecule has 0 spiro atoms. The third kappa shape index (κ3) is 2.73. The van der Waals surface area contributed by atoms with Crippen molar-refractivity contribution in [2.45, 2.75) is 23.6 Å². The number of hydrogen-bond acceptors (Lipinski definition) is 5. The number of nitrogens with zero attached hydrogens (tertiary/aromatic N) is 2. The van der Waals surface area contributed by atoms with Gasteiger partial charge in [-0.15, -0.1) is 0 Å². The highest BCUT2D eigenvalue weighted by molar-refractivity contribution is 7.85. The van der Waals surface area contributed by atoms with Crippen molar-refractivity contribution in [1.82, 2.24) is 0 Å². The molecule has 0 aliphatic carbocycles. The molecule has 0 saturated carbocycles. The Bertz CT molecular complexity index is 738. The van der Waals surface area contributed by atoms with E-state index in [0.717, 1.165) is 0 Å². The standard InChI is InChI=1S/C14H12N2O5S/c1-9-5-3-7-11(13(9)15(17)18)22(21)12-8-4-6-10(2)14(12)16(19)20/h3-8H,1-2H3. The summed E-state index contributed by atoms with van der Waals surface area (Å²) in [4.78, 5) is 21.1. The van der Waals surface area contributed by atoms with E-state index in [2.05, 4.69) is 0 Å². The first-order chi connectivity index (χ1) is 10.3. The van der Waals surface area contributed by atoms with Crippen LogP contribution >= 0.6 is 0 Å². The van der Waals surface area contributed by atoms with Crippen LogP contribution in [-0.4, -0.2) is 14.1 Å². The summed E-state index contributed by atoms with van der Waals surface area (Å²) in [6.07, 6.45) is 0. The minimum atomic E-state index is -2.01. The topological polar surface area (TPSA) is 103 Å². The number of para-hydroxylation sites is 2. The van der Waals surface area contributed by atoms with Crippen LogP contribution in [-0.2, 0) is 10.8 Å². The van der Waals surface area contributed by atoms with Crippen LogP contribution in [0.15, 0.2) is 46.2 Å². The summed E-state index contributed by atoms with van der Waals surface area (Å²) >= 11 is 0. The zero-order valence-corrected chi connectivity index (χ0v) is 12.6. The van der Waals surface area contributed by atoms with Crippen LogP contribution in [0.5, 0.6) is 0 Å². The third-order valence-electron chi connectivity index (χ3n) is 3.17. The summed E-state index contributed by atoms with van der Waals surface area (Å²) in [5.41, 5.74) is 0.144. The van der Waals surface area contributed by atoms with Gasteiger partial charge in [0, 0.05) is 11.1 Å². The fourth-order valence-electron chi connectivity index (χ4n) is 2.15. The Labute approximate surface area is 128 Å². The lowest BCUT2D eigenvalue weighted by atomic mass is 10.2. The van der Waals surface area contributed by atoms with Gasteiger partial charge in [0.2, 0.25) is 0 Å². The fourth-order valence-corrected chi connectivity index (χ4v) is 3.61. The molecule has 0 aliphatic rings. The molecule has 0 aromatic heterocycles. The molecule has 0 N–H and O–H groups in total. The minimum absolute atomic E-state index is 0.0429. The quantitative estimate of drug-likeness (QED) is 0.635. The van der Waals surface area contributed by atoms with Crippen molar-refractivity contribution in [1.29, 1.82) is 0 Å². The molecule has 0 amide bonds. The van der Waals surface area contributed by atoms with Gasteiger partial charge in [0.15, 0.2) is 0 Å². The van der Waals surface area contributed by atoms with E-state index in [4.69, 9.17) is 0 Å². The second-order valence-electron chi connectivity index (χ2n) is 4.63. The molecule has 114 valence electrons. The largest absolute Gasteiger partial charge is 0.288 e. The number of benzene rings is 2. The molecule has 0 atom stereocenters. The molecule has 0 fully saturated rings. The highest BCUT2D eigenvalue weighted by Crippen LogP contribution is 2.34. The number of rotatable bonds is 4. The van der Waals surface area contributed by atoms with Crippen LogP contribution in [0, 0.1) is 34.1 Å². The zero-order valence-electron chi connectivity index (χ0n) is 11.8. The van der Waals surface area contributed by atoms with Crippen LogP contribution < -0.4 is 0 Å². The van der Waals surface area contributed by atoms with E-state index < -0.39 is 20.6 Å². The van der Waals surface area contributed by atoms with E-state index >= 15 is 0 Å². The first-order valence-electron chi connectivity index (χ1n) is 6.24. The molecule has 2 rings (SSSR count). The molecule has 2 aromatic rings. The van der Waals surface area contributed by atoms with Crippen LogP contribution in [0.1, 0.15) is 11.1 Å². The van der Waals surface area contributed by atoms with Crippen molar-refractivity contribution >= 4 is 22.2 Å². The molecule has 0 unspecified atom stereocenters. The van der Waals surface area contributed by atoms with Crippen molar-refractivity contribution in [2.75, 3.05) is 0 Å². The minimum Gasteiger partial charge on any atom is -0.258 e. The normalized spacial score (nSPS) is 10.7. The van der Waals surface area contributed by atoms with Gasteiger partial charge in [0.1, 0.15) is 9.79 Å². The maximum absolute atomic E-state index is 12.7. The second-order valence-corrected chi connectivity index (χ2v) is 6.04. The maximum atomic E-state index is 12.7. The number of aryl methyl sites for hydroxylation is 2. The zero-order chi connectivity index (χ0) is 16.4. The Morgan fingerprint density at radius 2 is 1.18 bits per heavy atom. The Morgan fingerprint density at radius 3 is 1.50 bits per heavy atom. The van der Waals surface area contributed by atoms with E-state index in [1.54, 1.807) is 0 Å². The van der Waals surface area contributed by atoms with Gasteiger partial charge >= 0.3 is 0 Å². The highest BCUT2D eigenvalue weighted by Gasteiger charge is 2.28. The van der Waals surface area contributed by atoms with Crippen LogP contribution in [0.25, 0.3) is 0 Å². The molecule has 22 heavy (non-hydrogen) atoms. The molecule has 0 aliphatic heterocycles. The van der Waals surface area contributed by atoms with E-state index in [9.17, 15) is 24.4 Å². The molecule has 7 nitrogen and oxygen atoms in total. The van der Waals surface area contributed by atoms with E-state index in [-0.39, 0.29) is 21.2 Å².